The molecule has 0 spiro atoms. The number of ether oxygens (including phenoxy) is 4. The summed E-state index contributed by atoms with van der Waals surface area (Å²) in [7, 11) is 4.78. The molecule has 1 aromatic heterocycles. The summed E-state index contributed by atoms with van der Waals surface area (Å²) in [5, 5.41) is 0.471. The van der Waals surface area contributed by atoms with Crippen LogP contribution in [-0.4, -0.2) is 36.2 Å². The van der Waals surface area contributed by atoms with Crippen LogP contribution in [0.5, 0.6) is 17.2 Å². The molecular formula is C20H20N2O5. The van der Waals surface area contributed by atoms with E-state index in [1.165, 1.54) is 11.7 Å². The van der Waals surface area contributed by atoms with Crippen LogP contribution in [0.15, 0.2) is 41.2 Å². The van der Waals surface area contributed by atoms with E-state index in [1.54, 1.807) is 26.3 Å². The Morgan fingerprint density at radius 2 is 1.70 bits per heavy atom. The molecule has 2 aromatic carbocycles. The van der Waals surface area contributed by atoms with Gasteiger partial charge in [0.05, 0.1) is 25.1 Å². The van der Waals surface area contributed by atoms with E-state index in [9.17, 15) is 4.79 Å². The zero-order valence-electron chi connectivity index (χ0n) is 15.6. The lowest BCUT2D eigenvalue weighted by atomic mass is 10.1. The van der Waals surface area contributed by atoms with Crippen molar-refractivity contribution in [1.29, 1.82) is 0 Å². The van der Waals surface area contributed by atoms with Gasteiger partial charge < -0.3 is 18.9 Å². The highest BCUT2D eigenvalue weighted by atomic mass is 16.8. The lowest BCUT2D eigenvalue weighted by molar-refractivity contribution is 0.178. The summed E-state index contributed by atoms with van der Waals surface area (Å²) in [6, 6.07) is 10.8. The number of fused-ring (bicyclic) bond motifs is 1. The van der Waals surface area contributed by atoms with Gasteiger partial charge in [-0.1, -0.05) is 0 Å². The number of aromatic nitrogens is 2. The molecule has 2 heterocycles. The first-order valence-electron chi connectivity index (χ1n) is 8.57. The molecule has 27 heavy (non-hydrogen) atoms. The monoisotopic (exact) mass is 368 g/mol. The van der Waals surface area contributed by atoms with Gasteiger partial charge in [-0.2, -0.15) is 0 Å². The van der Waals surface area contributed by atoms with Gasteiger partial charge in [0.2, 0.25) is 6.29 Å². The van der Waals surface area contributed by atoms with Gasteiger partial charge in [-0.15, -0.1) is 0 Å². The maximum absolute atomic E-state index is 12.8. The van der Waals surface area contributed by atoms with Crippen molar-refractivity contribution in [2.45, 2.75) is 19.3 Å². The molecule has 4 rings (SSSR count). The summed E-state index contributed by atoms with van der Waals surface area (Å²) in [5.41, 5.74) is 1.20. The molecule has 140 valence electrons. The summed E-state index contributed by atoms with van der Waals surface area (Å²) >= 11 is 0. The van der Waals surface area contributed by atoms with Crippen LogP contribution in [0.25, 0.3) is 22.3 Å². The van der Waals surface area contributed by atoms with E-state index in [-0.39, 0.29) is 18.0 Å². The molecule has 1 saturated heterocycles. The maximum atomic E-state index is 12.8. The Labute approximate surface area is 156 Å². The Morgan fingerprint density at radius 3 is 2.30 bits per heavy atom. The predicted molar refractivity (Wildman–Crippen MR) is 100 cm³/mol. The Hall–Kier alpha value is -3.06. The van der Waals surface area contributed by atoms with Gasteiger partial charge >= 0.3 is 0 Å². The van der Waals surface area contributed by atoms with Gasteiger partial charge in [0.15, 0.2) is 11.5 Å². The van der Waals surface area contributed by atoms with Crippen molar-refractivity contribution in [2.75, 3.05) is 14.2 Å². The molecule has 7 nitrogen and oxygen atoms in total. The molecule has 0 bridgehead atoms. The fourth-order valence-corrected chi connectivity index (χ4v) is 2.96. The molecule has 2 atom stereocenters. The second-order valence-corrected chi connectivity index (χ2v) is 6.38. The van der Waals surface area contributed by atoms with Crippen molar-refractivity contribution >= 4 is 10.9 Å². The molecule has 1 fully saturated rings. The quantitative estimate of drug-likeness (QED) is 0.645. The second kappa shape index (κ2) is 6.59. The molecule has 0 saturated carbocycles. The first-order valence-corrected chi connectivity index (χ1v) is 8.57. The van der Waals surface area contributed by atoms with Crippen LogP contribution in [0.2, 0.25) is 0 Å². The number of hydrogen-bond donors (Lipinski definition) is 0. The minimum absolute atomic E-state index is 0.125. The third kappa shape index (κ3) is 3.10. The molecule has 1 aliphatic heterocycles. The zero-order chi connectivity index (χ0) is 19.1. The first-order chi connectivity index (χ1) is 13.0. The van der Waals surface area contributed by atoms with Crippen LogP contribution < -0.4 is 19.8 Å². The number of epoxide rings is 1. The Bertz CT molecular complexity index is 1060. The predicted octanol–water partition coefficient (Wildman–Crippen LogP) is 2.74. The van der Waals surface area contributed by atoms with Crippen molar-refractivity contribution < 1.29 is 18.9 Å². The second-order valence-electron chi connectivity index (χ2n) is 6.38. The van der Waals surface area contributed by atoms with E-state index in [1.807, 2.05) is 31.2 Å². The van der Waals surface area contributed by atoms with E-state index in [0.717, 1.165) is 5.56 Å². The van der Waals surface area contributed by atoms with Crippen molar-refractivity contribution in [1.82, 2.24) is 9.55 Å². The van der Waals surface area contributed by atoms with Gasteiger partial charge in [0, 0.05) is 18.7 Å². The van der Waals surface area contributed by atoms with Crippen LogP contribution in [0.1, 0.15) is 6.92 Å². The summed E-state index contributed by atoms with van der Waals surface area (Å²) in [5.74, 6) is 2.29. The van der Waals surface area contributed by atoms with Crippen molar-refractivity contribution in [3.63, 3.8) is 0 Å². The van der Waals surface area contributed by atoms with Crippen LogP contribution in [0, 0.1) is 0 Å². The molecule has 0 aliphatic carbocycles. The van der Waals surface area contributed by atoms with Crippen LogP contribution >= 0.6 is 0 Å². The molecule has 3 aromatic rings. The molecule has 0 amide bonds. The van der Waals surface area contributed by atoms with Gasteiger partial charge in [-0.05, 0) is 37.3 Å². The molecule has 0 N–H and O–H groups in total. The SMILES string of the molecule is COc1cc2nc(-c3ccc(OC4OC4C)cc3)n(C)c(=O)c2cc1OC. The number of hydrogen-bond acceptors (Lipinski definition) is 6. The summed E-state index contributed by atoms with van der Waals surface area (Å²) < 4.78 is 23.1. The minimum Gasteiger partial charge on any atom is -0.493 e. The van der Waals surface area contributed by atoms with Gasteiger partial charge in [0.1, 0.15) is 17.7 Å². The topological polar surface area (TPSA) is 75.1 Å². The summed E-state index contributed by atoms with van der Waals surface area (Å²) in [6.07, 6.45) is -0.0546. The van der Waals surface area contributed by atoms with E-state index >= 15 is 0 Å². The Balaban J connectivity index is 1.77. The largest absolute Gasteiger partial charge is 0.493 e. The van der Waals surface area contributed by atoms with E-state index in [2.05, 4.69) is 4.98 Å². The minimum atomic E-state index is -0.179. The van der Waals surface area contributed by atoms with Crippen molar-refractivity contribution in [3.8, 4) is 28.6 Å². The van der Waals surface area contributed by atoms with Crippen LogP contribution in [0.4, 0.5) is 0 Å². The van der Waals surface area contributed by atoms with E-state index in [0.29, 0.717) is 34.0 Å². The van der Waals surface area contributed by atoms with E-state index < -0.39 is 0 Å². The fourth-order valence-electron chi connectivity index (χ4n) is 2.96. The fraction of sp³-hybridized carbons (Fsp3) is 0.300. The first kappa shape index (κ1) is 17.4. The Morgan fingerprint density at radius 1 is 1.07 bits per heavy atom. The van der Waals surface area contributed by atoms with Crippen LogP contribution in [0.3, 0.4) is 0 Å². The molecule has 2 unspecified atom stereocenters. The molecule has 7 heteroatoms. The smallest absolute Gasteiger partial charge is 0.261 e. The van der Waals surface area contributed by atoms with Crippen molar-refractivity contribution in [3.05, 3.63) is 46.8 Å². The zero-order valence-corrected chi connectivity index (χ0v) is 15.6. The lowest BCUT2D eigenvalue weighted by Crippen LogP contribution is -2.20. The molecule has 1 aliphatic rings. The van der Waals surface area contributed by atoms with Gasteiger partial charge in [0.25, 0.3) is 5.56 Å². The Kier molecular flexibility index (Phi) is 4.24. The number of nitrogens with zero attached hydrogens (tertiary/aromatic N) is 2. The summed E-state index contributed by atoms with van der Waals surface area (Å²) in [4.78, 5) is 17.5. The number of rotatable bonds is 5. The number of benzene rings is 2. The third-order valence-corrected chi connectivity index (χ3v) is 4.60. The highest BCUT2D eigenvalue weighted by molar-refractivity contribution is 5.83. The molecular weight excluding hydrogens is 348 g/mol. The third-order valence-electron chi connectivity index (χ3n) is 4.60. The summed E-state index contributed by atoms with van der Waals surface area (Å²) in [6.45, 7) is 1.96. The highest BCUT2D eigenvalue weighted by Gasteiger charge is 2.36. The number of methoxy groups -OCH3 is 2. The molecule has 0 radical (unpaired) electrons. The standard InChI is InChI=1S/C20H20N2O5/c1-11-20(26-11)27-13-7-5-12(6-8-13)18-21-15-10-17(25-4)16(24-3)9-14(15)19(23)22(18)2/h5-11,20H,1-4H3. The van der Waals surface area contributed by atoms with Crippen LogP contribution in [-0.2, 0) is 11.8 Å². The average molecular weight is 368 g/mol. The van der Waals surface area contributed by atoms with Crippen molar-refractivity contribution in [2.24, 2.45) is 7.05 Å². The van der Waals surface area contributed by atoms with Gasteiger partial charge in [-0.3, -0.25) is 9.36 Å². The maximum Gasteiger partial charge on any atom is 0.261 e. The average Bonchev–Trinajstić information content (AvgIpc) is 3.38. The van der Waals surface area contributed by atoms with E-state index in [4.69, 9.17) is 18.9 Å². The van der Waals surface area contributed by atoms with Gasteiger partial charge in [-0.25, -0.2) is 4.98 Å². The highest BCUT2D eigenvalue weighted by Crippen LogP contribution is 2.31. The normalized spacial score (nSPS) is 18.4. The lowest BCUT2D eigenvalue weighted by Gasteiger charge is -2.12.